The minimum atomic E-state index is 0.762. The van der Waals surface area contributed by atoms with Crippen molar-refractivity contribution in [2.75, 3.05) is 0 Å². The summed E-state index contributed by atoms with van der Waals surface area (Å²) in [5.74, 6) is 2.85. The van der Waals surface area contributed by atoms with Crippen molar-refractivity contribution >= 4 is 0 Å². The van der Waals surface area contributed by atoms with E-state index in [-0.39, 0.29) is 0 Å². The molecular weight excluding hydrogens is 194 g/mol. The van der Waals surface area contributed by atoms with Gasteiger partial charge in [-0.2, -0.15) is 0 Å². The highest BCUT2D eigenvalue weighted by Crippen LogP contribution is 2.35. The molecule has 1 N–H and O–H groups in total. The quantitative estimate of drug-likeness (QED) is 0.760. The Balaban J connectivity index is 1.66. The van der Waals surface area contributed by atoms with Crippen molar-refractivity contribution in [3.63, 3.8) is 0 Å². The van der Waals surface area contributed by atoms with Crippen LogP contribution in [0.15, 0.2) is 0 Å². The van der Waals surface area contributed by atoms with Gasteiger partial charge >= 0.3 is 0 Å². The summed E-state index contributed by atoms with van der Waals surface area (Å²) < 4.78 is 0. The summed E-state index contributed by atoms with van der Waals surface area (Å²) in [6.45, 7) is 7.15. The monoisotopic (exact) mass is 223 g/mol. The van der Waals surface area contributed by atoms with E-state index in [0.717, 1.165) is 29.8 Å². The van der Waals surface area contributed by atoms with Crippen LogP contribution in [0.1, 0.15) is 65.7 Å². The average Bonchev–Trinajstić information content (AvgIpc) is 2.23. The second-order valence-electron chi connectivity index (χ2n) is 6.53. The van der Waals surface area contributed by atoms with Gasteiger partial charge in [0.15, 0.2) is 0 Å². The van der Waals surface area contributed by atoms with Gasteiger partial charge in [-0.3, -0.25) is 0 Å². The van der Waals surface area contributed by atoms with Crippen LogP contribution in [-0.2, 0) is 0 Å². The Morgan fingerprint density at radius 3 is 2.06 bits per heavy atom. The number of nitrogens with one attached hydrogen (secondary N) is 1. The fraction of sp³-hybridized carbons (Fsp3) is 1.00. The predicted molar refractivity (Wildman–Crippen MR) is 70.5 cm³/mol. The van der Waals surface area contributed by atoms with Crippen molar-refractivity contribution in [3.8, 4) is 0 Å². The van der Waals surface area contributed by atoms with Crippen molar-refractivity contribution in [3.05, 3.63) is 0 Å². The van der Waals surface area contributed by atoms with Crippen molar-refractivity contribution in [2.24, 2.45) is 17.8 Å². The van der Waals surface area contributed by atoms with E-state index in [2.05, 4.69) is 26.1 Å². The zero-order chi connectivity index (χ0) is 11.5. The standard InChI is InChI=1S/C15H29N/c1-11(2)14-9-15(10-14)16-12(3)13-7-5-4-6-8-13/h11-16H,4-10H2,1-3H3. The van der Waals surface area contributed by atoms with Crippen LogP contribution in [0.2, 0.25) is 0 Å². The molecule has 0 radical (unpaired) electrons. The third kappa shape index (κ3) is 3.00. The maximum absolute atomic E-state index is 3.87. The van der Waals surface area contributed by atoms with Gasteiger partial charge in [-0.25, -0.2) is 0 Å². The van der Waals surface area contributed by atoms with Gasteiger partial charge in [0.25, 0.3) is 0 Å². The molecule has 0 aromatic carbocycles. The highest BCUT2D eigenvalue weighted by atomic mass is 15.0. The molecule has 1 heteroatoms. The first kappa shape index (κ1) is 12.4. The average molecular weight is 223 g/mol. The molecule has 16 heavy (non-hydrogen) atoms. The normalized spacial score (nSPS) is 33.8. The first-order valence-electron chi connectivity index (χ1n) is 7.43. The van der Waals surface area contributed by atoms with E-state index in [9.17, 15) is 0 Å². The molecule has 1 atom stereocenters. The molecule has 2 aliphatic carbocycles. The Bertz CT molecular complexity index is 199. The summed E-state index contributed by atoms with van der Waals surface area (Å²) in [7, 11) is 0. The maximum atomic E-state index is 3.87. The highest BCUT2D eigenvalue weighted by molar-refractivity contribution is 4.89. The molecular formula is C15H29N. The number of hydrogen-bond acceptors (Lipinski definition) is 1. The summed E-state index contributed by atoms with van der Waals surface area (Å²) in [6, 6.07) is 1.60. The van der Waals surface area contributed by atoms with Crippen LogP contribution in [0, 0.1) is 17.8 Å². The van der Waals surface area contributed by atoms with Crippen molar-refractivity contribution in [1.29, 1.82) is 0 Å². The van der Waals surface area contributed by atoms with Gasteiger partial charge in [0.1, 0.15) is 0 Å². The predicted octanol–water partition coefficient (Wildman–Crippen LogP) is 3.98. The zero-order valence-corrected chi connectivity index (χ0v) is 11.3. The Morgan fingerprint density at radius 2 is 1.50 bits per heavy atom. The molecule has 2 rings (SSSR count). The Morgan fingerprint density at radius 1 is 0.875 bits per heavy atom. The van der Waals surface area contributed by atoms with Gasteiger partial charge in [0.2, 0.25) is 0 Å². The van der Waals surface area contributed by atoms with Crippen molar-refractivity contribution in [2.45, 2.75) is 77.8 Å². The molecule has 0 spiro atoms. The molecule has 0 aliphatic heterocycles. The lowest BCUT2D eigenvalue weighted by Gasteiger charge is -2.42. The molecule has 0 aromatic rings. The fourth-order valence-electron chi connectivity index (χ4n) is 3.48. The lowest BCUT2D eigenvalue weighted by Crippen LogP contribution is -2.49. The van der Waals surface area contributed by atoms with E-state index in [1.54, 1.807) is 0 Å². The van der Waals surface area contributed by atoms with E-state index >= 15 is 0 Å². The molecule has 0 amide bonds. The third-order valence-corrected chi connectivity index (χ3v) is 4.97. The van der Waals surface area contributed by atoms with E-state index in [1.807, 2.05) is 0 Å². The van der Waals surface area contributed by atoms with Crippen LogP contribution in [0.4, 0.5) is 0 Å². The molecule has 1 unspecified atom stereocenters. The number of hydrogen-bond donors (Lipinski definition) is 1. The summed E-state index contributed by atoms with van der Waals surface area (Å²) in [5.41, 5.74) is 0. The molecule has 0 saturated heterocycles. The Hall–Kier alpha value is -0.0400. The van der Waals surface area contributed by atoms with Gasteiger partial charge in [-0.15, -0.1) is 0 Å². The van der Waals surface area contributed by atoms with E-state index < -0.39 is 0 Å². The SMILES string of the molecule is CC(C)C1CC(NC(C)C2CCCCC2)C1. The topological polar surface area (TPSA) is 12.0 Å². The van der Waals surface area contributed by atoms with Gasteiger partial charge in [-0.1, -0.05) is 33.1 Å². The van der Waals surface area contributed by atoms with Gasteiger partial charge in [-0.05, 0) is 50.4 Å². The summed E-state index contributed by atoms with van der Waals surface area (Å²) in [6.07, 6.45) is 10.2. The van der Waals surface area contributed by atoms with E-state index in [4.69, 9.17) is 0 Å². The molecule has 0 aromatic heterocycles. The molecule has 2 fully saturated rings. The molecule has 94 valence electrons. The second-order valence-corrected chi connectivity index (χ2v) is 6.53. The van der Waals surface area contributed by atoms with Gasteiger partial charge in [0, 0.05) is 12.1 Å². The van der Waals surface area contributed by atoms with Gasteiger partial charge < -0.3 is 5.32 Å². The van der Waals surface area contributed by atoms with Gasteiger partial charge in [0.05, 0.1) is 0 Å². The Labute approximate surface area is 101 Å². The van der Waals surface area contributed by atoms with Crippen LogP contribution in [0.3, 0.4) is 0 Å². The molecule has 1 nitrogen and oxygen atoms in total. The lowest BCUT2D eigenvalue weighted by atomic mass is 9.73. The van der Waals surface area contributed by atoms with Crippen LogP contribution < -0.4 is 5.32 Å². The molecule has 2 saturated carbocycles. The maximum Gasteiger partial charge on any atom is 0.00751 e. The minimum absolute atomic E-state index is 0.762. The molecule has 0 heterocycles. The number of rotatable bonds is 4. The van der Waals surface area contributed by atoms with Crippen LogP contribution in [-0.4, -0.2) is 12.1 Å². The summed E-state index contributed by atoms with van der Waals surface area (Å²) in [4.78, 5) is 0. The second kappa shape index (κ2) is 5.53. The van der Waals surface area contributed by atoms with Crippen molar-refractivity contribution < 1.29 is 0 Å². The first-order valence-corrected chi connectivity index (χ1v) is 7.43. The lowest BCUT2D eigenvalue weighted by molar-refractivity contribution is 0.141. The Kier molecular flexibility index (Phi) is 4.29. The van der Waals surface area contributed by atoms with E-state index in [0.29, 0.717) is 0 Å². The largest absolute Gasteiger partial charge is 0.311 e. The van der Waals surface area contributed by atoms with Crippen LogP contribution >= 0.6 is 0 Å². The molecule has 2 aliphatic rings. The fourth-order valence-corrected chi connectivity index (χ4v) is 3.48. The minimum Gasteiger partial charge on any atom is -0.311 e. The molecule has 0 bridgehead atoms. The summed E-state index contributed by atoms with van der Waals surface area (Å²) in [5, 5.41) is 3.87. The van der Waals surface area contributed by atoms with E-state index in [1.165, 1.54) is 44.9 Å². The van der Waals surface area contributed by atoms with Crippen LogP contribution in [0.25, 0.3) is 0 Å². The van der Waals surface area contributed by atoms with Crippen LogP contribution in [0.5, 0.6) is 0 Å². The first-order chi connectivity index (χ1) is 7.66. The van der Waals surface area contributed by atoms with Crippen molar-refractivity contribution in [1.82, 2.24) is 5.32 Å². The smallest absolute Gasteiger partial charge is 0.00751 e. The zero-order valence-electron chi connectivity index (χ0n) is 11.3. The summed E-state index contributed by atoms with van der Waals surface area (Å²) >= 11 is 0. The highest BCUT2D eigenvalue weighted by Gasteiger charge is 2.33. The third-order valence-electron chi connectivity index (χ3n) is 4.97.